The van der Waals surface area contributed by atoms with Gasteiger partial charge in [0.1, 0.15) is 18.2 Å². The minimum absolute atomic E-state index is 0.176. The fourth-order valence-corrected chi connectivity index (χ4v) is 2.11. The molecule has 3 rings (SSSR count). The van der Waals surface area contributed by atoms with Gasteiger partial charge in [-0.1, -0.05) is 0 Å². The van der Waals surface area contributed by atoms with Crippen LogP contribution in [0.2, 0.25) is 0 Å². The van der Waals surface area contributed by atoms with Crippen molar-refractivity contribution in [3.8, 4) is 0 Å². The van der Waals surface area contributed by atoms with Crippen LogP contribution in [-0.4, -0.2) is 21.4 Å². The molecule has 0 saturated carbocycles. The SMILES string of the molecule is O=c1[nH]nc2n1C(c1cc(F)cc(F)c1)COC2. The van der Waals surface area contributed by atoms with Gasteiger partial charge in [0, 0.05) is 6.07 Å². The minimum atomic E-state index is -0.686. The molecule has 1 aliphatic heterocycles. The van der Waals surface area contributed by atoms with Gasteiger partial charge in [-0.05, 0) is 17.7 Å². The number of hydrogen-bond donors (Lipinski definition) is 1. The van der Waals surface area contributed by atoms with Crippen molar-refractivity contribution in [2.75, 3.05) is 6.61 Å². The van der Waals surface area contributed by atoms with Crippen molar-refractivity contribution in [2.24, 2.45) is 0 Å². The molecule has 2 aromatic rings. The number of aromatic amines is 1. The zero-order valence-corrected chi connectivity index (χ0v) is 9.19. The average molecular weight is 253 g/mol. The number of hydrogen-bond acceptors (Lipinski definition) is 3. The maximum atomic E-state index is 13.2. The van der Waals surface area contributed by atoms with E-state index >= 15 is 0 Å². The molecule has 1 aromatic carbocycles. The Morgan fingerprint density at radius 3 is 2.78 bits per heavy atom. The number of halogens is 2. The lowest BCUT2D eigenvalue weighted by Gasteiger charge is -2.24. The molecule has 0 saturated heterocycles. The molecule has 2 heterocycles. The second-order valence-electron chi connectivity index (χ2n) is 4.05. The van der Waals surface area contributed by atoms with Crippen LogP contribution in [0.15, 0.2) is 23.0 Å². The van der Waals surface area contributed by atoms with Crippen molar-refractivity contribution in [1.82, 2.24) is 14.8 Å². The van der Waals surface area contributed by atoms with Gasteiger partial charge in [-0.25, -0.2) is 18.7 Å². The van der Waals surface area contributed by atoms with Gasteiger partial charge in [0.25, 0.3) is 0 Å². The summed E-state index contributed by atoms with van der Waals surface area (Å²) in [6.07, 6.45) is 0. The van der Waals surface area contributed by atoms with E-state index in [0.29, 0.717) is 11.4 Å². The molecule has 1 aliphatic rings. The van der Waals surface area contributed by atoms with Crippen molar-refractivity contribution in [3.63, 3.8) is 0 Å². The predicted octanol–water partition coefficient (Wildman–Crippen LogP) is 0.969. The summed E-state index contributed by atoms with van der Waals surface area (Å²) >= 11 is 0. The smallest absolute Gasteiger partial charge is 0.344 e. The summed E-state index contributed by atoms with van der Waals surface area (Å²) in [7, 11) is 0. The van der Waals surface area contributed by atoms with Crippen LogP contribution in [0.4, 0.5) is 8.78 Å². The number of nitrogens with one attached hydrogen (secondary N) is 1. The zero-order chi connectivity index (χ0) is 12.7. The molecule has 0 spiro atoms. The number of ether oxygens (including phenoxy) is 1. The highest BCUT2D eigenvalue weighted by Crippen LogP contribution is 2.24. The van der Waals surface area contributed by atoms with Crippen molar-refractivity contribution >= 4 is 0 Å². The largest absolute Gasteiger partial charge is 0.371 e. The summed E-state index contributed by atoms with van der Waals surface area (Å²) in [5.41, 5.74) is -0.0695. The van der Waals surface area contributed by atoms with Crippen LogP contribution in [-0.2, 0) is 11.3 Å². The molecule has 7 heteroatoms. The summed E-state index contributed by atoms with van der Waals surface area (Å²) in [4.78, 5) is 11.6. The Labute approximate surface area is 100 Å². The third-order valence-electron chi connectivity index (χ3n) is 2.87. The van der Waals surface area contributed by atoms with Crippen molar-refractivity contribution in [3.05, 3.63) is 51.7 Å². The highest BCUT2D eigenvalue weighted by Gasteiger charge is 2.25. The van der Waals surface area contributed by atoms with Gasteiger partial charge >= 0.3 is 5.69 Å². The average Bonchev–Trinajstić information content (AvgIpc) is 2.70. The molecule has 0 aliphatic carbocycles. The second-order valence-corrected chi connectivity index (χ2v) is 4.05. The third-order valence-corrected chi connectivity index (χ3v) is 2.87. The summed E-state index contributed by atoms with van der Waals surface area (Å²) in [5.74, 6) is -0.955. The van der Waals surface area contributed by atoms with Gasteiger partial charge in [-0.3, -0.25) is 4.57 Å². The quantitative estimate of drug-likeness (QED) is 0.823. The van der Waals surface area contributed by atoms with Crippen LogP contribution >= 0.6 is 0 Å². The Hall–Kier alpha value is -2.02. The van der Waals surface area contributed by atoms with E-state index in [4.69, 9.17) is 4.74 Å². The predicted molar refractivity (Wildman–Crippen MR) is 57.0 cm³/mol. The molecule has 5 nitrogen and oxygen atoms in total. The molecule has 94 valence electrons. The van der Waals surface area contributed by atoms with E-state index < -0.39 is 23.4 Å². The molecule has 18 heavy (non-hydrogen) atoms. The number of H-pyrrole nitrogens is 1. The molecule has 0 amide bonds. The van der Waals surface area contributed by atoms with Crippen molar-refractivity contribution in [2.45, 2.75) is 12.6 Å². The Balaban J connectivity index is 2.13. The van der Waals surface area contributed by atoms with E-state index in [1.165, 1.54) is 16.7 Å². The summed E-state index contributed by atoms with van der Waals surface area (Å²) in [5, 5.41) is 6.09. The first-order valence-corrected chi connectivity index (χ1v) is 5.34. The zero-order valence-electron chi connectivity index (χ0n) is 9.19. The summed E-state index contributed by atoms with van der Waals surface area (Å²) in [6.45, 7) is 0.377. The monoisotopic (exact) mass is 253 g/mol. The lowest BCUT2D eigenvalue weighted by molar-refractivity contribution is 0.0649. The number of nitrogens with zero attached hydrogens (tertiary/aromatic N) is 2. The molecule has 1 N–H and O–H groups in total. The Kier molecular flexibility index (Phi) is 2.48. The lowest BCUT2D eigenvalue weighted by Crippen LogP contribution is -2.32. The van der Waals surface area contributed by atoms with Crippen LogP contribution in [0.3, 0.4) is 0 Å². The van der Waals surface area contributed by atoms with E-state index in [1.807, 2.05) is 0 Å². The van der Waals surface area contributed by atoms with Gasteiger partial charge in [-0.15, -0.1) is 0 Å². The molecular weight excluding hydrogens is 244 g/mol. The van der Waals surface area contributed by atoms with Crippen LogP contribution in [0.25, 0.3) is 0 Å². The van der Waals surface area contributed by atoms with Crippen molar-refractivity contribution < 1.29 is 13.5 Å². The maximum absolute atomic E-state index is 13.2. The van der Waals surface area contributed by atoms with E-state index in [1.54, 1.807) is 0 Å². The van der Waals surface area contributed by atoms with Gasteiger partial charge in [0.15, 0.2) is 5.82 Å². The Morgan fingerprint density at radius 1 is 1.33 bits per heavy atom. The molecule has 0 bridgehead atoms. The highest BCUT2D eigenvalue weighted by atomic mass is 19.1. The van der Waals surface area contributed by atoms with E-state index in [2.05, 4.69) is 10.2 Å². The van der Waals surface area contributed by atoms with E-state index in [0.717, 1.165) is 6.07 Å². The van der Waals surface area contributed by atoms with Gasteiger partial charge < -0.3 is 4.74 Å². The fraction of sp³-hybridized carbons (Fsp3) is 0.273. The van der Waals surface area contributed by atoms with Gasteiger partial charge in [0.05, 0.1) is 12.6 Å². The number of benzene rings is 1. The standard InChI is InChI=1S/C11H9F2N3O2/c12-7-1-6(2-8(13)3-7)9-4-18-5-10-14-15-11(17)16(9)10/h1-3,9H,4-5H2,(H,15,17). The molecule has 0 radical (unpaired) electrons. The fourth-order valence-electron chi connectivity index (χ4n) is 2.11. The first-order valence-electron chi connectivity index (χ1n) is 5.34. The molecular formula is C11H9F2N3O2. The van der Waals surface area contributed by atoms with Crippen molar-refractivity contribution in [1.29, 1.82) is 0 Å². The van der Waals surface area contributed by atoms with E-state index in [9.17, 15) is 13.6 Å². The van der Waals surface area contributed by atoms with Gasteiger partial charge in [0.2, 0.25) is 0 Å². The Bertz CT molecular complexity index is 630. The van der Waals surface area contributed by atoms with Gasteiger partial charge in [-0.2, -0.15) is 5.10 Å². The number of fused-ring (bicyclic) bond motifs is 1. The first kappa shape index (κ1) is 11.1. The molecule has 1 unspecified atom stereocenters. The lowest BCUT2D eigenvalue weighted by atomic mass is 10.1. The van der Waals surface area contributed by atoms with Crippen LogP contribution in [0.1, 0.15) is 17.4 Å². The molecule has 1 atom stereocenters. The van der Waals surface area contributed by atoms with Crippen LogP contribution < -0.4 is 5.69 Å². The number of aromatic nitrogens is 3. The Morgan fingerprint density at radius 2 is 2.06 bits per heavy atom. The molecule has 0 fully saturated rings. The molecule has 1 aromatic heterocycles. The van der Waals surface area contributed by atoms with Crippen LogP contribution in [0.5, 0.6) is 0 Å². The summed E-state index contributed by atoms with van der Waals surface area (Å²) in [6, 6.07) is 2.59. The maximum Gasteiger partial charge on any atom is 0.344 e. The first-order chi connectivity index (χ1) is 8.65. The summed E-state index contributed by atoms with van der Waals surface area (Å²) < 4.78 is 33.0. The highest BCUT2D eigenvalue weighted by molar-refractivity contribution is 5.23. The van der Waals surface area contributed by atoms with Crippen LogP contribution in [0, 0.1) is 11.6 Å². The third kappa shape index (κ3) is 1.72. The normalized spacial score (nSPS) is 18.7. The minimum Gasteiger partial charge on any atom is -0.371 e. The van der Waals surface area contributed by atoms with E-state index in [-0.39, 0.29) is 13.2 Å². The topological polar surface area (TPSA) is 59.9 Å². The number of rotatable bonds is 1. The second kappa shape index (κ2) is 4.02.